The molecule has 0 bridgehead atoms. The Morgan fingerprint density at radius 3 is 2.91 bits per heavy atom. The van der Waals surface area contributed by atoms with Crippen LogP contribution < -0.4 is 10.5 Å². The number of aromatic nitrogens is 1. The third-order valence-corrected chi connectivity index (χ3v) is 5.96. The summed E-state index contributed by atoms with van der Waals surface area (Å²) >= 11 is 5.87. The lowest BCUT2D eigenvalue weighted by Gasteiger charge is -2.35. The van der Waals surface area contributed by atoms with Crippen LogP contribution in [0, 0.1) is 5.82 Å². The van der Waals surface area contributed by atoms with Gasteiger partial charge in [-0.2, -0.15) is 4.59 Å². The third kappa shape index (κ3) is 5.88. The maximum atomic E-state index is 13.8. The van der Waals surface area contributed by atoms with Crippen molar-refractivity contribution in [3.63, 3.8) is 0 Å². The molecule has 2 amide bonds. The van der Waals surface area contributed by atoms with Gasteiger partial charge in [0, 0.05) is 43.2 Å². The van der Waals surface area contributed by atoms with Gasteiger partial charge in [0.2, 0.25) is 11.7 Å². The van der Waals surface area contributed by atoms with E-state index >= 15 is 0 Å². The van der Waals surface area contributed by atoms with Gasteiger partial charge < -0.3 is 15.4 Å². The number of nitrogens with two attached hydrogens (primary N) is 1. The molecule has 178 valence electrons. The van der Waals surface area contributed by atoms with Gasteiger partial charge >= 0.3 is 6.03 Å². The van der Waals surface area contributed by atoms with Crippen LogP contribution in [0.1, 0.15) is 30.9 Å². The van der Waals surface area contributed by atoms with E-state index in [2.05, 4.69) is 27.0 Å². The highest BCUT2D eigenvalue weighted by Gasteiger charge is 2.41. The molecular weight excluding hydrogens is 449 g/mol. The number of aliphatic imine (C=N–C) groups is 1. The van der Waals surface area contributed by atoms with Crippen LogP contribution in [0.5, 0.6) is 5.88 Å². The first-order chi connectivity index (χ1) is 15.9. The van der Waals surface area contributed by atoms with Crippen molar-refractivity contribution < 1.29 is 18.5 Å². The standard InChI is InChI=1S/C17H23ClFN4O.C5H7N3O/c1-23(10-4-7-18)16(6-8-21-23)22-9-3-5-15(22)14-11-13(19)12-20-17(14)24-2;6-5(9)8-3-1-2-7-4-8/h6,8,11-12,15H,3-5,7,9-10H2,1-2H3;1-2,4H,3H2,(H2,6,9)/q+1;/t15?,23-;/m1./s1. The number of amides is 2. The number of carbonyl (C=O) groups is 1. The monoisotopic (exact) mass is 478 g/mol. The Bertz CT molecular complexity index is 968. The van der Waals surface area contributed by atoms with Crippen molar-refractivity contribution in [3.05, 3.63) is 47.8 Å². The minimum atomic E-state index is -0.469. The smallest absolute Gasteiger partial charge is 0.320 e. The summed E-state index contributed by atoms with van der Waals surface area (Å²) < 4.78 is 19.6. The third-order valence-electron chi connectivity index (χ3n) is 5.69. The number of rotatable bonds is 6. The first-order valence-corrected chi connectivity index (χ1v) is 11.3. The number of primary amides is 1. The quantitative estimate of drug-likeness (QED) is 0.501. The van der Waals surface area contributed by atoms with E-state index < -0.39 is 6.03 Å². The molecule has 1 aromatic rings. The van der Waals surface area contributed by atoms with Gasteiger partial charge in [-0.05, 0) is 25.0 Å². The lowest BCUT2D eigenvalue weighted by Crippen LogP contribution is -2.44. The average molecular weight is 479 g/mol. The van der Waals surface area contributed by atoms with Crippen LogP contribution in [0.4, 0.5) is 9.18 Å². The largest absolute Gasteiger partial charge is 0.481 e. The number of quaternary nitrogens is 1. The predicted molar refractivity (Wildman–Crippen MR) is 126 cm³/mol. The molecular formula is C22H30ClFN7O2+. The van der Waals surface area contributed by atoms with Crippen LogP contribution >= 0.6 is 11.6 Å². The van der Waals surface area contributed by atoms with Gasteiger partial charge in [-0.25, -0.2) is 19.2 Å². The zero-order valence-electron chi connectivity index (χ0n) is 18.9. The van der Waals surface area contributed by atoms with Crippen LogP contribution in [0.2, 0.25) is 0 Å². The topological polar surface area (TPSA) is 96.4 Å². The van der Waals surface area contributed by atoms with E-state index in [0.717, 1.165) is 43.7 Å². The molecule has 33 heavy (non-hydrogen) atoms. The van der Waals surface area contributed by atoms with Crippen LogP contribution in [0.15, 0.2) is 46.5 Å². The maximum absolute atomic E-state index is 13.8. The minimum Gasteiger partial charge on any atom is -0.481 e. The molecule has 2 N–H and O–H groups in total. The lowest BCUT2D eigenvalue weighted by atomic mass is 10.1. The fourth-order valence-corrected chi connectivity index (χ4v) is 4.25. The molecule has 2 atom stereocenters. The molecule has 9 nitrogen and oxygen atoms in total. The van der Waals surface area contributed by atoms with E-state index in [1.807, 2.05) is 12.3 Å². The molecule has 1 saturated heterocycles. The van der Waals surface area contributed by atoms with Crippen molar-refractivity contribution in [1.29, 1.82) is 0 Å². The summed E-state index contributed by atoms with van der Waals surface area (Å²) in [6, 6.07) is 1.11. The molecule has 3 aliphatic rings. The summed E-state index contributed by atoms with van der Waals surface area (Å²) in [5.41, 5.74) is 5.73. The van der Waals surface area contributed by atoms with E-state index in [0.29, 0.717) is 22.9 Å². The summed E-state index contributed by atoms with van der Waals surface area (Å²) in [5.74, 6) is 1.88. The van der Waals surface area contributed by atoms with Crippen LogP contribution in [0.3, 0.4) is 0 Å². The summed E-state index contributed by atoms with van der Waals surface area (Å²) in [6.45, 7) is 2.28. The molecule has 0 aliphatic carbocycles. The predicted octanol–water partition coefficient (Wildman–Crippen LogP) is 3.21. The number of urea groups is 1. The number of nitrogens with zero attached hydrogens (tertiary/aromatic N) is 6. The number of hydrogen-bond acceptors (Lipinski definition) is 6. The fraction of sp³-hybridized carbons (Fsp3) is 0.455. The summed E-state index contributed by atoms with van der Waals surface area (Å²) in [7, 11) is 3.65. The number of halogens is 2. The molecule has 4 rings (SSSR count). The number of carbonyl (C=O) groups excluding carboxylic acids is 1. The summed E-state index contributed by atoms with van der Waals surface area (Å²) in [5, 5.41) is 4.62. The Balaban J connectivity index is 0.000000286. The molecule has 0 saturated carbocycles. The molecule has 4 heterocycles. The van der Waals surface area contributed by atoms with Gasteiger partial charge in [0.15, 0.2) is 0 Å². The first-order valence-electron chi connectivity index (χ1n) is 10.8. The van der Waals surface area contributed by atoms with Crippen molar-refractivity contribution in [2.45, 2.75) is 25.3 Å². The Morgan fingerprint density at radius 2 is 2.27 bits per heavy atom. The highest BCUT2D eigenvalue weighted by atomic mass is 35.5. The molecule has 1 unspecified atom stereocenters. The van der Waals surface area contributed by atoms with E-state index in [-0.39, 0.29) is 11.9 Å². The maximum Gasteiger partial charge on any atom is 0.320 e. The van der Waals surface area contributed by atoms with Gasteiger partial charge in [0.05, 0.1) is 38.9 Å². The number of methoxy groups -OCH3 is 1. The number of hydrogen-bond donors (Lipinski definition) is 1. The fourth-order valence-electron chi connectivity index (χ4n) is 4.13. The Labute approximate surface area is 198 Å². The van der Waals surface area contributed by atoms with Gasteiger partial charge in [-0.15, -0.1) is 11.6 Å². The molecule has 1 aromatic heterocycles. The van der Waals surface area contributed by atoms with E-state index in [1.165, 1.54) is 23.5 Å². The van der Waals surface area contributed by atoms with Crippen molar-refractivity contribution in [2.24, 2.45) is 15.8 Å². The molecule has 3 aliphatic heterocycles. The highest BCUT2D eigenvalue weighted by Crippen LogP contribution is 2.41. The average Bonchev–Trinajstić information content (AvgIpc) is 3.45. The normalized spacial score (nSPS) is 23.4. The zero-order chi connectivity index (χ0) is 23.8. The second-order valence-corrected chi connectivity index (χ2v) is 8.32. The molecule has 0 aromatic carbocycles. The first kappa shape index (κ1) is 24.7. The molecule has 0 spiro atoms. The van der Waals surface area contributed by atoms with E-state index in [1.54, 1.807) is 19.4 Å². The van der Waals surface area contributed by atoms with E-state index in [9.17, 15) is 9.18 Å². The van der Waals surface area contributed by atoms with Crippen LogP contribution in [-0.2, 0) is 0 Å². The van der Waals surface area contributed by atoms with E-state index in [4.69, 9.17) is 22.1 Å². The summed E-state index contributed by atoms with van der Waals surface area (Å²) in [6.07, 6.45) is 12.7. The molecule has 1 fully saturated rings. The lowest BCUT2D eigenvalue weighted by molar-refractivity contribution is -0.885. The highest BCUT2D eigenvalue weighted by molar-refractivity contribution is 6.17. The van der Waals surface area contributed by atoms with Crippen molar-refractivity contribution in [3.8, 4) is 5.88 Å². The Morgan fingerprint density at radius 1 is 1.45 bits per heavy atom. The van der Waals surface area contributed by atoms with Gasteiger partial charge in [-0.3, -0.25) is 4.90 Å². The van der Waals surface area contributed by atoms with Crippen molar-refractivity contribution in [1.82, 2.24) is 14.8 Å². The van der Waals surface area contributed by atoms with Crippen molar-refractivity contribution in [2.75, 3.05) is 39.7 Å². The van der Waals surface area contributed by atoms with Crippen molar-refractivity contribution >= 4 is 30.2 Å². The zero-order valence-corrected chi connectivity index (χ0v) is 19.7. The van der Waals surface area contributed by atoms with Gasteiger partial charge in [-0.1, -0.05) is 5.10 Å². The van der Waals surface area contributed by atoms with Crippen LogP contribution in [-0.4, -0.2) is 77.6 Å². The molecule has 0 radical (unpaired) electrons. The summed E-state index contributed by atoms with van der Waals surface area (Å²) in [4.78, 5) is 21.8. The van der Waals surface area contributed by atoms with Crippen LogP contribution in [0.25, 0.3) is 0 Å². The Hall–Kier alpha value is -2.98. The molecule has 11 heteroatoms. The number of ether oxygens (including phenoxy) is 1. The van der Waals surface area contributed by atoms with Gasteiger partial charge in [0.1, 0.15) is 12.4 Å². The minimum absolute atomic E-state index is 0.0459. The SMILES string of the molecule is COc1ncc(F)cc1C1CCCN1C1=CC=N[N@+]1(C)CCCCl.NC(=O)N1C=NC=CC1. The Kier molecular flexibility index (Phi) is 8.40. The number of pyridine rings is 1. The second kappa shape index (κ2) is 11.2. The number of allylic oxidation sites excluding steroid dienone is 1. The number of likely N-dealkylation sites (tertiary alicyclic amines) is 1. The van der Waals surface area contributed by atoms with Gasteiger partial charge in [0.25, 0.3) is 0 Å². The second-order valence-electron chi connectivity index (χ2n) is 7.94. The number of alkyl halides is 1.